The van der Waals surface area contributed by atoms with E-state index in [9.17, 15) is 5.26 Å². The first-order valence-electron chi connectivity index (χ1n) is 10.7. The molecule has 1 aromatic carbocycles. The number of nitrogens with zero attached hydrogens (tertiary/aromatic N) is 4. The van der Waals surface area contributed by atoms with Crippen LogP contribution in [-0.2, 0) is 6.42 Å². The molecule has 4 heterocycles. The zero-order valence-corrected chi connectivity index (χ0v) is 16.4. The molecule has 0 unspecified atom stereocenters. The third-order valence-electron chi connectivity index (χ3n) is 7.11. The number of fused-ring (bicyclic) bond motifs is 4. The van der Waals surface area contributed by atoms with Gasteiger partial charge >= 0.3 is 0 Å². The van der Waals surface area contributed by atoms with Crippen LogP contribution in [0.5, 0.6) is 0 Å². The average molecular weight is 373 g/mol. The number of aromatic nitrogens is 1. The first-order valence-corrected chi connectivity index (χ1v) is 10.7. The topological polar surface area (TPSA) is 43.2 Å². The highest BCUT2D eigenvalue weighted by Crippen LogP contribution is 2.42. The highest BCUT2D eigenvalue weighted by molar-refractivity contribution is 5.45. The number of anilines is 1. The smallest absolute Gasteiger partial charge is 0.129 e. The van der Waals surface area contributed by atoms with Crippen molar-refractivity contribution >= 4 is 5.82 Å². The van der Waals surface area contributed by atoms with Crippen LogP contribution in [0.25, 0.3) is 0 Å². The number of piperidine rings is 3. The van der Waals surface area contributed by atoms with Gasteiger partial charge in [-0.05, 0) is 61.8 Å². The summed E-state index contributed by atoms with van der Waals surface area (Å²) in [6.45, 7) is 3.40. The third kappa shape index (κ3) is 3.29. The second kappa shape index (κ2) is 7.56. The van der Waals surface area contributed by atoms with Crippen LogP contribution in [0.2, 0.25) is 0 Å². The number of benzene rings is 1. The summed E-state index contributed by atoms with van der Waals surface area (Å²) in [5.41, 5.74) is 2.16. The molecule has 2 bridgehead atoms. The molecule has 4 nitrogen and oxygen atoms in total. The van der Waals surface area contributed by atoms with Crippen molar-refractivity contribution in [2.45, 2.75) is 44.2 Å². The number of rotatable bonds is 3. The Balaban J connectivity index is 1.44. The van der Waals surface area contributed by atoms with Crippen molar-refractivity contribution in [3.8, 4) is 6.07 Å². The highest BCUT2D eigenvalue weighted by atomic mass is 15.3. The van der Waals surface area contributed by atoms with Gasteiger partial charge in [-0.1, -0.05) is 36.8 Å². The fraction of sp³-hybridized carbons (Fsp3) is 0.500. The van der Waals surface area contributed by atoms with Crippen molar-refractivity contribution in [3.63, 3.8) is 0 Å². The molecule has 5 rings (SSSR count). The zero-order valence-electron chi connectivity index (χ0n) is 16.4. The van der Waals surface area contributed by atoms with Crippen LogP contribution in [0.3, 0.4) is 0 Å². The minimum Gasteiger partial charge on any atom is -0.356 e. The predicted molar refractivity (Wildman–Crippen MR) is 111 cm³/mol. The predicted octanol–water partition coefficient (Wildman–Crippen LogP) is 3.88. The number of pyridine rings is 1. The van der Waals surface area contributed by atoms with Gasteiger partial charge in [-0.2, -0.15) is 5.26 Å². The van der Waals surface area contributed by atoms with E-state index in [4.69, 9.17) is 0 Å². The van der Waals surface area contributed by atoms with E-state index in [1.54, 1.807) is 12.3 Å². The third-order valence-corrected chi connectivity index (χ3v) is 7.11. The lowest BCUT2D eigenvalue weighted by molar-refractivity contribution is -0.0318. The Hall–Kier alpha value is -2.38. The Morgan fingerprint density at radius 1 is 1.07 bits per heavy atom. The van der Waals surface area contributed by atoms with Crippen molar-refractivity contribution in [2.24, 2.45) is 11.8 Å². The van der Waals surface area contributed by atoms with Crippen molar-refractivity contribution in [1.29, 1.82) is 5.26 Å². The minimum absolute atomic E-state index is 0.617. The molecule has 0 aliphatic carbocycles. The summed E-state index contributed by atoms with van der Waals surface area (Å²) in [4.78, 5) is 9.94. The lowest BCUT2D eigenvalue weighted by atomic mass is 9.71. The van der Waals surface area contributed by atoms with Gasteiger partial charge in [0.2, 0.25) is 0 Å². The van der Waals surface area contributed by atoms with Crippen LogP contribution in [0.15, 0.2) is 48.7 Å². The van der Waals surface area contributed by atoms with Crippen LogP contribution >= 0.6 is 0 Å². The second-order valence-electron chi connectivity index (χ2n) is 8.73. The highest BCUT2D eigenvalue weighted by Gasteiger charge is 2.47. The molecule has 0 N–H and O–H groups in total. The summed E-state index contributed by atoms with van der Waals surface area (Å²) in [5, 5.41) is 9.28. The van der Waals surface area contributed by atoms with Crippen molar-refractivity contribution in [1.82, 2.24) is 9.88 Å². The summed E-state index contributed by atoms with van der Waals surface area (Å²) >= 11 is 0. The van der Waals surface area contributed by atoms with Gasteiger partial charge in [0.25, 0.3) is 0 Å². The van der Waals surface area contributed by atoms with Crippen LogP contribution in [0, 0.1) is 23.2 Å². The van der Waals surface area contributed by atoms with Crippen LogP contribution < -0.4 is 4.90 Å². The van der Waals surface area contributed by atoms with Crippen LogP contribution in [0.4, 0.5) is 5.82 Å². The Kier molecular flexibility index (Phi) is 4.78. The molecule has 0 saturated carbocycles. The standard InChI is InChI=1S/C24H28N4/c25-15-19-9-10-26-24(13-19)27-16-20-14-21(17-27)23(12-18-6-2-1-3-7-18)28-11-5-4-8-22(20)28/h1-3,6-7,9-10,13,20-23H,4-5,8,11-12,14,16-17H2/t20-,21+,22+,23+/m1/s1. The zero-order chi connectivity index (χ0) is 18.9. The molecule has 4 heteroatoms. The van der Waals surface area contributed by atoms with Crippen molar-refractivity contribution in [2.75, 3.05) is 24.5 Å². The molecular weight excluding hydrogens is 344 g/mol. The molecule has 1 aromatic heterocycles. The van der Waals surface area contributed by atoms with Gasteiger partial charge in [-0.15, -0.1) is 0 Å². The summed E-state index contributed by atoms with van der Waals surface area (Å²) in [5.74, 6) is 2.37. The normalized spacial score (nSPS) is 29.8. The quantitative estimate of drug-likeness (QED) is 0.820. The van der Waals surface area contributed by atoms with E-state index in [1.807, 2.05) is 6.07 Å². The maximum Gasteiger partial charge on any atom is 0.129 e. The summed E-state index contributed by atoms with van der Waals surface area (Å²) in [6.07, 6.45) is 8.31. The Labute approximate surface area is 167 Å². The van der Waals surface area contributed by atoms with E-state index in [-0.39, 0.29) is 0 Å². The van der Waals surface area contributed by atoms with E-state index in [1.165, 1.54) is 37.8 Å². The average Bonchev–Trinajstić information content (AvgIpc) is 2.77. The summed E-state index contributed by atoms with van der Waals surface area (Å²) in [6, 6.07) is 18.4. The molecular formula is C24H28N4. The second-order valence-corrected chi connectivity index (χ2v) is 8.73. The first-order chi connectivity index (χ1) is 13.8. The lowest BCUT2D eigenvalue weighted by Gasteiger charge is -2.57. The Bertz CT molecular complexity index is 858. The maximum atomic E-state index is 9.28. The van der Waals surface area contributed by atoms with Gasteiger partial charge in [-0.25, -0.2) is 4.98 Å². The molecule has 3 saturated heterocycles. The van der Waals surface area contributed by atoms with Gasteiger partial charge in [-0.3, -0.25) is 4.90 Å². The molecule has 3 fully saturated rings. The molecule has 144 valence electrons. The van der Waals surface area contributed by atoms with Crippen molar-refractivity contribution < 1.29 is 0 Å². The fourth-order valence-electron chi connectivity index (χ4n) is 5.89. The van der Waals surface area contributed by atoms with Gasteiger partial charge in [0.15, 0.2) is 0 Å². The molecule has 0 spiro atoms. The van der Waals surface area contributed by atoms with Crippen LogP contribution in [0.1, 0.15) is 36.8 Å². The van der Waals surface area contributed by atoms with Crippen molar-refractivity contribution in [3.05, 3.63) is 59.8 Å². The molecule has 0 radical (unpaired) electrons. The Morgan fingerprint density at radius 3 is 2.79 bits per heavy atom. The lowest BCUT2D eigenvalue weighted by Crippen LogP contribution is -2.64. The van der Waals surface area contributed by atoms with Gasteiger partial charge < -0.3 is 4.90 Å². The van der Waals surface area contributed by atoms with Gasteiger partial charge in [0, 0.05) is 31.4 Å². The van der Waals surface area contributed by atoms with E-state index < -0.39 is 0 Å². The molecule has 4 atom stereocenters. The summed E-state index contributed by atoms with van der Waals surface area (Å²) < 4.78 is 0. The Morgan fingerprint density at radius 2 is 1.93 bits per heavy atom. The van der Waals surface area contributed by atoms with Gasteiger partial charge in [0.1, 0.15) is 5.82 Å². The SMILES string of the molecule is N#Cc1ccnc(N2C[C@H]3C[C@@H](C2)[C@H](Cc2ccccc2)N2CCCC[C@@H]32)c1. The molecule has 2 aromatic rings. The number of nitriles is 1. The van der Waals surface area contributed by atoms with E-state index in [0.29, 0.717) is 23.6 Å². The first kappa shape index (κ1) is 17.7. The minimum atomic E-state index is 0.617. The monoisotopic (exact) mass is 372 g/mol. The fourth-order valence-corrected chi connectivity index (χ4v) is 5.89. The largest absolute Gasteiger partial charge is 0.356 e. The molecule has 0 amide bonds. The van der Waals surface area contributed by atoms with E-state index in [0.717, 1.165) is 31.2 Å². The maximum absolute atomic E-state index is 9.28. The van der Waals surface area contributed by atoms with Crippen LogP contribution in [-0.4, -0.2) is 41.6 Å². The molecule has 28 heavy (non-hydrogen) atoms. The number of hydrogen-bond acceptors (Lipinski definition) is 4. The number of hydrogen-bond donors (Lipinski definition) is 0. The molecule has 3 aliphatic rings. The summed E-state index contributed by atoms with van der Waals surface area (Å²) in [7, 11) is 0. The van der Waals surface area contributed by atoms with E-state index in [2.05, 4.69) is 51.2 Å². The van der Waals surface area contributed by atoms with E-state index >= 15 is 0 Å². The molecule has 3 aliphatic heterocycles. The van der Waals surface area contributed by atoms with Gasteiger partial charge in [0.05, 0.1) is 11.6 Å².